The first-order valence-electron chi connectivity index (χ1n) is 10.9. The molecule has 4 fully saturated rings. The van der Waals surface area contributed by atoms with Gasteiger partial charge >= 0.3 is 5.97 Å². The number of hydrogen-bond acceptors (Lipinski definition) is 4. The second-order valence-corrected chi connectivity index (χ2v) is 10.3. The van der Waals surface area contributed by atoms with E-state index in [1.807, 2.05) is 0 Å². The van der Waals surface area contributed by atoms with Crippen LogP contribution in [0.3, 0.4) is 0 Å². The predicted molar refractivity (Wildman–Crippen MR) is 102 cm³/mol. The molecule has 8 unspecified atom stereocenters. The topological polar surface area (TPSA) is 60.4 Å². The Balaban J connectivity index is 1.72. The van der Waals surface area contributed by atoms with Crippen LogP contribution >= 0.6 is 0 Å². The second kappa shape index (κ2) is 6.42. The molecule has 4 aliphatic rings. The van der Waals surface area contributed by atoms with Gasteiger partial charge in [0.25, 0.3) is 0 Å². The van der Waals surface area contributed by atoms with Gasteiger partial charge in [0, 0.05) is 31.1 Å². The third-order valence-corrected chi connectivity index (χ3v) is 9.36. The number of carbonyl (C=O) groups is 3. The fourth-order valence-electron chi connectivity index (χ4n) is 8.02. The number of carbonyl (C=O) groups excluding carboxylic acids is 3. The normalized spacial score (nSPS) is 49.0. The highest BCUT2D eigenvalue weighted by molar-refractivity contribution is 5.80. The summed E-state index contributed by atoms with van der Waals surface area (Å²) in [5.74, 6) is 2.47. The maximum absolute atomic E-state index is 12.4. The third kappa shape index (κ3) is 2.73. The molecule has 150 valence electrons. The van der Waals surface area contributed by atoms with Gasteiger partial charge in [-0.05, 0) is 74.5 Å². The van der Waals surface area contributed by atoms with Gasteiger partial charge in [0.05, 0.1) is 0 Å². The fourth-order valence-corrected chi connectivity index (χ4v) is 8.02. The van der Waals surface area contributed by atoms with Gasteiger partial charge in [-0.15, -0.1) is 0 Å². The molecule has 4 aliphatic carbocycles. The molecule has 0 N–H and O–H groups in total. The van der Waals surface area contributed by atoms with Crippen LogP contribution in [-0.4, -0.2) is 23.6 Å². The zero-order chi connectivity index (χ0) is 19.6. The quantitative estimate of drug-likeness (QED) is 0.675. The van der Waals surface area contributed by atoms with Crippen molar-refractivity contribution in [2.45, 2.75) is 85.2 Å². The Kier molecular flexibility index (Phi) is 4.55. The number of ether oxygens (including phenoxy) is 1. The minimum absolute atomic E-state index is 0.00580. The molecule has 0 spiro atoms. The van der Waals surface area contributed by atoms with Crippen LogP contribution in [0.2, 0.25) is 0 Å². The molecular weight excluding hydrogens is 340 g/mol. The van der Waals surface area contributed by atoms with Gasteiger partial charge < -0.3 is 4.74 Å². The molecule has 0 bridgehead atoms. The van der Waals surface area contributed by atoms with Crippen molar-refractivity contribution in [3.8, 4) is 0 Å². The van der Waals surface area contributed by atoms with Crippen molar-refractivity contribution in [1.29, 1.82) is 0 Å². The molecule has 8 atom stereocenters. The number of ketones is 2. The number of esters is 1. The van der Waals surface area contributed by atoms with E-state index in [-0.39, 0.29) is 34.6 Å². The average molecular weight is 375 g/mol. The van der Waals surface area contributed by atoms with Crippen molar-refractivity contribution < 1.29 is 19.1 Å². The lowest BCUT2D eigenvalue weighted by Crippen LogP contribution is -2.59. The summed E-state index contributed by atoms with van der Waals surface area (Å²) in [4.78, 5) is 36.5. The van der Waals surface area contributed by atoms with E-state index in [0.717, 1.165) is 44.9 Å². The van der Waals surface area contributed by atoms with Gasteiger partial charge in [-0.1, -0.05) is 13.8 Å². The van der Waals surface area contributed by atoms with E-state index < -0.39 is 0 Å². The van der Waals surface area contributed by atoms with E-state index in [1.54, 1.807) is 6.92 Å². The zero-order valence-corrected chi connectivity index (χ0v) is 17.3. The Bertz CT molecular complexity index is 669. The lowest BCUT2D eigenvalue weighted by Gasteiger charge is -2.61. The Morgan fingerprint density at radius 3 is 2.44 bits per heavy atom. The van der Waals surface area contributed by atoms with E-state index in [0.29, 0.717) is 35.9 Å². The Morgan fingerprint density at radius 1 is 1.04 bits per heavy atom. The summed E-state index contributed by atoms with van der Waals surface area (Å²) < 4.78 is 5.93. The summed E-state index contributed by atoms with van der Waals surface area (Å²) >= 11 is 0. The summed E-state index contributed by atoms with van der Waals surface area (Å²) in [5, 5.41) is 0. The number of fused-ring (bicyclic) bond motifs is 5. The van der Waals surface area contributed by atoms with Gasteiger partial charge in [0.15, 0.2) is 0 Å². The lowest BCUT2D eigenvalue weighted by atomic mass is 9.44. The number of hydrogen-bond donors (Lipinski definition) is 0. The first kappa shape index (κ1) is 19.1. The summed E-state index contributed by atoms with van der Waals surface area (Å²) in [5.41, 5.74) is -0.0583. The summed E-state index contributed by atoms with van der Waals surface area (Å²) in [7, 11) is 0. The fraction of sp³-hybridized carbons (Fsp3) is 0.870. The van der Waals surface area contributed by atoms with Crippen molar-refractivity contribution in [3.05, 3.63) is 0 Å². The molecule has 0 aromatic carbocycles. The Hall–Kier alpha value is -1.19. The summed E-state index contributed by atoms with van der Waals surface area (Å²) in [6.45, 7) is 7.82. The molecule has 4 nitrogen and oxygen atoms in total. The Morgan fingerprint density at radius 2 is 1.78 bits per heavy atom. The molecule has 0 heterocycles. The van der Waals surface area contributed by atoms with Crippen molar-refractivity contribution >= 4 is 17.5 Å². The van der Waals surface area contributed by atoms with Gasteiger partial charge in [0.1, 0.15) is 17.7 Å². The van der Waals surface area contributed by atoms with Crippen LogP contribution in [-0.2, 0) is 19.1 Å². The van der Waals surface area contributed by atoms with E-state index in [2.05, 4.69) is 13.8 Å². The standard InChI is InChI=1S/C23H34O4/c1-13(24)18-7-8-19-17-6-5-15-11-16(26)9-10-22(15,3)20(17)12-21(23(18,19)4)27-14(2)25/h15,17-21H,5-12H2,1-4H3. The molecule has 4 heteroatoms. The van der Waals surface area contributed by atoms with Gasteiger partial charge in [-0.25, -0.2) is 0 Å². The molecule has 0 aromatic rings. The molecule has 4 rings (SSSR count). The van der Waals surface area contributed by atoms with Crippen LogP contribution in [0.25, 0.3) is 0 Å². The molecular formula is C23H34O4. The number of rotatable bonds is 2. The first-order valence-corrected chi connectivity index (χ1v) is 10.9. The Labute approximate surface area is 162 Å². The zero-order valence-electron chi connectivity index (χ0n) is 17.3. The minimum Gasteiger partial charge on any atom is -0.462 e. The lowest BCUT2D eigenvalue weighted by molar-refractivity contribution is -0.191. The highest BCUT2D eigenvalue weighted by Gasteiger charge is 2.65. The molecule has 4 saturated carbocycles. The molecule has 0 saturated heterocycles. The van der Waals surface area contributed by atoms with Crippen LogP contribution < -0.4 is 0 Å². The minimum atomic E-state index is -0.232. The van der Waals surface area contributed by atoms with Crippen LogP contribution in [0.15, 0.2) is 0 Å². The van der Waals surface area contributed by atoms with Crippen LogP contribution in [0.1, 0.15) is 79.1 Å². The van der Waals surface area contributed by atoms with E-state index in [1.165, 1.54) is 6.92 Å². The average Bonchev–Trinajstić information content (AvgIpc) is 2.95. The SMILES string of the molecule is CC(=O)OC1CC2C(CCC3CC(=O)CCC32C)C2CCC(C(C)=O)C12C. The monoisotopic (exact) mass is 374 g/mol. The summed E-state index contributed by atoms with van der Waals surface area (Å²) in [6.07, 6.45) is 7.39. The third-order valence-electron chi connectivity index (χ3n) is 9.36. The van der Waals surface area contributed by atoms with E-state index >= 15 is 0 Å². The molecule has 0 aliphatic heterocycles. The van der Waals surface area contributed by atoms with Crippen LogP contribution in [0, 0.1) is 40.4 Å². The van der Waals surface area contributed by atoms with Crippen molar-refractivity contribution in [1.82, 2.24) is 0 Å². The largest absolute Gasteiger partial charge is 0.462 e. The molecule has 0 aromatic heterocycles. The van der Waals surface area contributed by atoms with Crippen molar-refractivity contribution in [2.24, 2.45) is 40.4 Å². The smallest absolute Gasteiger partial charge is 0.302 e. The van der Waals surface area contributed by atoms with Gasteiger partial charge in [0.2, 0.25) is 0 Å². The van der Waals surface area contributed by atoms with E-state index in [9.17, 15) is 14.4 Å². The van der Waals surface area contributed by atoms with Crippen LogP contribution in [0.5, 0.6) is 0 Å². The maximum atomic E-state index is 12.4. The van der Waals surface area contributed by atoms with Crippen molar-refractivity contribution in [2.75, 3.05) is 0 Å². The highest BCUT2D eigenvalue weighted by Crippen LogP contribution is 2.67. The van der Waals surface area contributed by atoms with Crippen molar-refractivity contribution in [3.63, 3.8) is 0 Å². The second-order valence-electron chi connectivity index (χ2n) is 10.3. The predicted octanol–water partition coefficient (Wildman–Crippen LogP) is 4.35. The number of Topliss-reactive ketones (excluding diaryl/α,β-unsaturated/α-hetero) is 2. The van der Waals surface area contributed by atoms with Crippen LogP contribution in [0.4, 0.5) is 0 Å². The maximum Gasteiger partial charge on any atom is 0.302 e. The first-order chi connectivity index (χ1) is 12.7. The molecule has 0 amide bonds. The summed E-state index contributed by atoms with van der Waals surface area (Å²) in [6, 6.07) is 0. The van der Waals surface area contributed by atoms with Gasteiger partial charge in [-0.2, -0.15) is 0 Å². The molecule has 27 heavy (non-hydrogen) atoms. The molecule has 0 radical (unpaired) electrons. The van der Waals surface area contributed by atoms with E-state index in [4.69, 9.17) is 4.74 Å². The highest BCUT2D eigenvalue weighted by atomic mass is 16.5. The van der Waals surface area contributed by atoms with Gasteiger partial charge in [-0.3, -0.25) is 14.4 Å².